The number of rotatable bonds is 2. The molecule has 0 unspecified atom stereocenters. The third-order valence-corrected chi connectivity index (χ3v) is 4.56. The van der Waals surface area contributed by atoms with Crippen LogP contribution in [0.2, 0.25) is 0 Å². The molecule has 4 nitrogen and oxygen atoms in total. The predicted octanol–water partition coefficient (Wildman–Crippen LogP) is 1.21. The van der Waals surface area contributed by atoms with Crippen LogP contribution >= 0.6 is 0 Å². The Morgan fingerprint density at radius 1 is 1.10 bits per heavy atom. The molecule has 1 saturated heterocycles. The molecule has 0 aliphatic carbocycles. The molecule has 0 spiro atoms. The van der Waals surface area contributed by atoms with E-state index in [1.807, 2.05) is 17.0 Å². The fourth-order valence-electron chi connectivity index (χ4n) is 3.22. The summed E-state index contributed by atoms with van der Waals surface area (Å²) in [5, 5.41) is 3.34. The van der Waals surface area contributed by atoms with Crippen molar-refractivity contribution in [2.24, 2.45) is 0 Å². The van der Waals surface area contributed by atoms with Crippen LogP contribution in [0.1, 0.15) is 25.0 Å². The van der Waals surface area contributed by atoms with Crippen molar-refractivity contribution in [2.75, 3.05) is 26.2 Å². The number of fused-ring (bicyclic) bond motifs is 1. The Morgan fingerprint density at radius 2 is 1.65 bits per heavy atom. The van der Waals surface area contributed by atoms with Crippen LogP contribution in [-0.4, -0.2) is 47.4 Å². The molecule has 0 radical (unpaired) electrons. The van der Waals surface area contributed by atoms with Crippen molar-refractivity contribution in [1.29, 1.82) is 0 Å². The van der Waals surface area contributed by atoms with Gasteiger partial charge in [-0.25, -0.2) is 0 Å². The van der Waals surface area contributed by atoms with E-state index < -0.39 is 5.54 Å². The van der Waals surface area contributed by atoms with Gasteiger partial charge in [-0.2, -0.15) is 0 Å². The minimum Gasteiger partial charge on any atom is -0.332 e. The van der Waals surface area contributed by atoms with Gasteiger partial charge in [0.15, 0.2) is 0 Å². The first-order valence-corrected chi connectivity index (χ1v) is 7.41. The van der Waals surface area contributed by atoms with Gasteiger partial charge in [0.2, 0.25) is 5.91 Å². The van der Waals surface area contributed by atoms with Crippen LogP contribution in [0.5, 0.6) is 0 Å². The second kappa shape index (κ2) is 5.19. The Balaban J connectivity index is 1.73. The molecule has 0 bridgehead atoms. The van der Waals surface area contributed by atoms with Crippen molar-refractivity contribution in [1.82, 2.24) is 15.1 Å². The molecular weight excluding hydrogens is 250 g/mol. The van der Waals surface area contributed by atoms with E-state index in [9.17, 15) is 4.79 Å². The molecule has 4 heteroatoms. The van der Waals surface area contributed by atoms with Crippen LogP contribution < -0.4 is 5.32 Å². The van der Waals surface area contributed by atoms with Crippen LogP contribution in [0.25, 0.3) is 0 Å². The molecule has 0 atom stereocenters. The van der Waals surface area contributed by atoms with Gasteiger partial charge >= 0.3 is 0 Å². The van der Waals surface area contributed by atoms with Crippen LogP contribution in [0, 0.1) is 0 Å². The van der Waals surface area contributed by atoms with E-state index in [0.717, 1.165) is 39.3 Å². The summed E-state index contributed by atoms with van der Waals surface area (Å²) in [5.74, 6) is 0.246. The first-order chi connectivity index (χ1) is 9.59. The molecule has 2 heterocycles. The zero-order valence-corrected chi connectivity index (χ0v) is 12.4. The third-order valence-electron chi connectivity index (χ3n) is 4.56. The fraction of sp³-hybridized carbons (Fsp3) is 0.562. The van der Waals surface area contributed by atoms with E-state index in [-0.39, 0.29) is 5.91 Å². The smallest absolute Gasteiger partial charge is 0.243 e. The number of nitrogens with one attached hydrogen (secondary N) is 1. The Labute approximate surface area is 120 Å². The lowest BCUT2D eigenvalue weighted by atomic mass is 9.99. The maximum Gasteiger partial charge on any atom is 0.243 e. The summed E-state index contributed by atoms with van der Waals surface area (Å²) in [6, 6.07) is 8.35. The molecule has 3 rings (SSSR count). The van der Waals surface area contributed by atoms with Crippen LogP contribution in [0.4, 0.5) is 0 Å². The number of carbonyl (C=O) groups excluding carboxylic acids is 1. The maximum atomic E-state index is 12.9. The number of piperazine rings is 1. The van der Waals surface area contributed by atoms with E-state index in [1.165, 1.54) is 11.1 Å². The minimum absolute atomic E-state index is 0.246. The highest BCUT2D eigenvalue weighted by Gasteiger charge is 2.39. The molecule has 1 aromatic carbocycles. The summed E-state index contributed by atoms with van der Waals surface area (Å²) in [4.78, 5) is 17.2. The summed E-state index contributed by atoms with van der Waals surface area (Å²) in [6.45, 7) is 9.45. The minimum atomic E-state index is -0.413. The molecule has 1 fully saturated rings. The number of benzene rings is 1. The summed E-state index contributed by atoms with van der Waals surface area (Å²) in [5.41, 5.74) is 2.17. The number of amides is 1. The molecule has 2 aliphatic heterocycles. The topological polar surface area (TPSA) is 35.6 Å². The molecule has 0 saturated carbocycles. The van der Waals surface area contributed by atoms with Crippen molar-refractivity contribution in [2.45, 2.75) is 32.5 Å². The van der Waals surface area contributed by atoms with E-state index in [1.54, 1.807) is 0 Å². The van der Waals surface area contributed by atoms with Crippen molar-refractivity contribution in [3.8, 4) is 0 Å². The molecule has 2 aliphatic rings. The molecule has 1 amide bonds. The average Bonchev–Trinajstić information content (AvgIpc) is 2.91. The van der Waals surface area contributed by atoms with Gasteiger partial charge in [-0.3, -0.25) is 9.69 Å². The van der Waals surface area contributed by atoms with Crippen molar-refractivity contribution in [3.05, 3.63) is 35.4 Å². The molecule has 1 aromatic rings. The first kappa shape index (κ1) is 13.6. The quantitative estimate of drug-likeness (QED) is 0.880. The zero-order valence-electron chi connectivity index (χ0n) is 12.4. The summed E-state index contributed by atoms with van der Waals surface area (Å²) in [6.07, 6.45) is 0. The van der Waals surface area contributed by atoms with Crippen molar-refractivity contribution in [3.63, 3.8) is 0 Å². The number of hydrogen-bond donors (Lipinski definition) is 1. The van der Waals surface area contributed by atoms with E-state index >= 15 is 0 Å². The molecule has 20 heavy (non-hydrogen) atoms. The molecule has 0 aromatic heterocycles. The Morgan fingerprint density at radius 3 is 2.20 bits per heavy atom. The summed E-state index contributed by atoms with van der Waals surface area (Å²) < 4.78 is 0. The lowest BCUT2D eigenvalue weighted by Crippen LogP contribution is -2.60. The highest BCUT2D eigenvalue weighted by atomic mass is 16.2. The highest BCUT2D eigenvalue weighted by molar-refractivity contribution is 5.86. The van der Waals surface area contributed by atoms with E-state index in [4.69, 9.17) is 0 Å². The van der Waals surface area contributed by atoms with Crippen molar-refractivity contribution >= 4 is 5.91 Å². The maximum absolute atomic E-state index is 12.9. The second-order valence-electron chi connectivity index (χ2n) is 6.23. The van der Waals surface area contributed by atoms with Crippen LogP contribution in [0.3, 0.4) is 0 Å². The molecular formula is C16H23N3O. The second-order valence-corrected chi connectivity index (χ2v) is 6.23. The monoisotopic (exact) mass is 273 g/mol. The van der Waals surface area contributed by atoms with Gasteiger partial charge < -0.3 is 10.2 Å². The third kappa shape index (κ3) is 2.34. The Bertz CT molecular complexity index is 481. The van der Waals surface area contributed by atoms with Gasteiger partial charge in [0.05, 0.1) is 5.54 Å². The van der Waals surface area contributed by atoms with Gasteiger partial charge in [0, 0.05) is 39.3 Å². The van der Waals surface area contributed by atoms with Gasteiger partial charge in [-0.15, -0.1) is 0 Å². The summed E-state index contributed by atoms with van der Waals surface area (Å²) in [7, 11) is 0. The number of nitrogens with zero attached hydrogens (tertiary/aromatic N) is 2. The lowest BCUT2D eigenvalue weighted by Gasteiger charge is -2.41. The number of carbonyl (C=O) groups is 1. The predicted molar refractivity (Wildman–Crippen MR) is 79.2 cm³/mol. The summed E-state index contributed by atoms with van der Waals surface area (Å²) >= 11 is 0. The van der Waals surface area contributed by atoms with Gasteiger partial charge in [0.25, 0.3) is 0 Å². The van der Waals surface area contributed by atoms with Gasteiger partial charge in [-0.1, -0.05) is 24.3 Å². The normalized spacial score (nSPS) is 20.0. The molecule has 1 N–H and O–H groups in total. The van der Waals surface area contributed by atoms with Gasteiger partial charge in [0.1, 0.15) is 0 Å². The zero-order chi connectivity index (χ0) is 14.2. The van der Waals surface area contributed by atoms with Crippen LogP contribution in [-0.2, 0) is 17.9 Å². The Kier molecular flexibility index (Phi) is 3.52. The number of hydrogen-bond acceptors (Lipinski definition) is 3. The van der Waals surface area contributed by atoms with E-state index in [2.05, 4.69) is 36.2 Å². The average molecular weight is 273 g/mol. The molecule has 108 valence electrons. The first-order valence-electron chi connectivity index (χ1n) is 7.41. The van der Waals surface area contributed by atoms with Gasteiger partial charge in [-0.05, 0) is 25.0 Å². The standard InChI is InChI=1S/C16H23N3O/c1-16(2,19-9-7-17-8-10-19)15(20)18-11-13-5-3-4-6-14(13)12-18/h3-6,17H,7-12H2,1-2H3. The SMILES string of the molecule is CC(C)(C(=O)N1Cc2ccccc2C1)N1CCNCC1. The van der Waals surface area contributed by atoms with E-state index in [0.29, 0.717) is 0 Å². The fourth-order valence-corrected chi connectivity index (χ4v) is 3.22. The Hall–Kier alpha value is -1.39. The highest BCUT2D eigenvalue weighted by Crippen LogP contribution is 2.27. The lowest BCUT2D eigenvalue weighted by molar-refractivity contribution is -0.143. The van der Waals surface area contributed by atoms with Crippen molar-refractivity contribution < 1.29 is 4.79 Å². The van der Waals surface area contributed by atoms with Crippen LogP contribution in [0.15, 0.2) is 24.3 Å². The largest absolute Gasteiger partial charge is 0.332 e.